The number of benzene rings is 2. The number of rotatable bonds is 2. The Morgan fingerprint density at radius 3 is 2.29 bits per heavy atom. The molecule has 4 nitrogen and oxygen atoms in total. The average molecular weight is 300 g/mol. The molecule has 0 amide bonds. The summed E-state index contributed by atoms with van der Waals surface area (Å²) in [7, 11) is 1.80. The molecule has 0 atom stereocenters. The van der Waals surface area contributed by atoms with E-state index in [1.54, 1.807) is 23.9 Å². The van der Waals surface area contributed by atoms with Crippen LogP contribution in [-0.2, 0) is 7.05 Å². The standard InChI is InChI=1S/C16H14ClN3O/c1-19-15(11-7-3-2-4-8-11)14(18)16(21)20(19)13-10-6-5-9-12(13)17/h2-10H,18H2,1H3. The molecule has 0 saturated heterocycles. The summed E-state index contributed by atoms with van der Waals surface area (Å²) in [6.45, 7) is 0. The highest BCUT2D eigenvalue weighted by Gasteiger charge is 2.18. The van der Waals surface area contributed by atoms with E-state index < -0.39 is 0 Å². The van der Waals surface area contributed by atoms with Crippen LogP contribution in [0.3, 0.4) is 0 Å². The number of anilines is 1. The van der Waals surface area contributed by atoms with Gasteiger partial charge in [0.1, 0.15) is 5.69 Å². The molecule has 1 aromatic heterocycles. The van der Waals surface area contributed by atoms with Crippen molar-refractivity contribution in [1.82, 2.24) is 9.36 Å². The Kier molecular flexibility index (Phi) is 3.31. The van der Waals surface area contributed by atoms with Gasteiger partial charge >= 0.3 is 0 Å². The van der Waals surface area contributed by atoms with E-state index in [4.69, 9.17) is 17.3 Å². The number of halogens is 1. The molecule has 2 aromatic carbocycles. The zero-order chi connectivity index (χ0) is 15.0. The van der Waals surface area contributed by atoms with Crippen molar-refractivity contribution in [3.63, 3.8) is 0 Å². The normalized spacial score (nSPS) is 10.8. The molecule has 0 spiro atoms. The average Bonchev–Trinajstić information content (AvgIpc) is 2.71. The molecule has 3 rings (SSSR count). The summed E-state index contributed by atoms with van der Waals surface area (Å²) in [5.41, 5.74) is 8.15. The van der Waals surface area contributed by atoms with E-state index in [1.165, 1.54) is 4.68 Å². The van der Waals surface area contributed by atoms with E-state index in [-0.39, 0.29) is 11.2 Å². The van der Waals surface area contributed by atoms with E-state index in [0.29, 0.717) is 16.4 Å². The molecule has 0 bridgehead atoms. The first kappa shape index (κ1) is 13.5. The van der Waals surface area contributed by atoms with Crippen molar-refractivity contribution in [2.24, 2.45) is 7.05 Å². The second-order valence-electron chi connectivity index (χ2n) is 4.72. The minimum Gasteiger partial charge on any atom is -0.392 e. The fourth-order valence-corrected chi connectivity index (χ4v) is 2.67. The Morgan fingerprint density at radius 1 is 1.00 bits per heavy atom. The predicted octanol–water partition coefficient (Wildman–Crippen LogP) is 3.08. The Balaban J connectivity index is 2.31. The van der Waals surface area contributed by atoms with Crippen LogP contribution < -0.4 is 11.3 Å². The SMILES string of the molecule is Cn1c(-c2ccccc2)c(N)c(=O)n1-c1ccccc1Cl. The highest BCUT2D eigenvalue weighted by molar-refractivity contribution is 6.32. The molecule has 21 heavy (non-hydrogen) atoms. The first-order valence-corrected chi connectivity index (χ1v) is 6.87. The molecular formula is C16H14ClN3O. The first-order chi connectivity index (χ1) is 10.1. The van der Waals surface area contributed by atoms with Crippen molar-refractivity contribution in [3.05, 3.63) is 70.0 Å². The molecular weight excluding hydrogens is 286 g/mol. The number of hydrogen-bond donors (Lipinski definition) is 1. The van der Waals surface area contributed by atoms with E-state index in [2.05, 4.69) is 0 Å². The monoisotopic (exact) mass is 299 g/mol. The van der Waals surface area contributed by atoms with Crippen molar-refractivity contribution in [3.8, 4) is 16.9 Å². The molecule has 1 heterocycles. The number of aromatic nitrogens is 2. The molecule has 0 aliphatic rings. The third-order valence-electron chi connectivity index (χ3n) is 3.43. The van der Waals surface area contributed by atoms with Gasteiger partial charge in [-0.1, -0.05) is 54.1 Å². The van der Waals surface area contributed by atoms with Crippen LogP contribution in [0.5, 0.6) is 0 Å². The second-order valence-corrected chi connectivity index (χ2v) is 5.13. The molecule has 5 heteroatoms. The zero-order valence-corrected chi connectivity index (χ0v) is 12.2. The molecule has 0 aliphatic heterocycles. The second kappa shape index (κ2) is 5.14. The first-order valence-electron chi connectivity index (χ1n) is 6.49. The predicted molar refractivity (Wildman–Crippen MR) is 85.9 cm³/mol. The smallest absolute Gasteiger partial charge is 0.295 e. The number of nitrogen functional groups attached to an aromatic ring is 1. The van der Waals surface area contributed by atoms with E-state index in [0.717, 1.165) is 5.56 Å². The fraction of sp³-hybridized carbons (Fsp3) is 0.0625. The van der Waals surface area contributed by atoms with E-state index in [1.807, 2.05) is 42.5 Å². The van der Waals surface area contributed by atoms with Crippen molar-refractivity contribution < 1.29 is 0 Å². The quantitative estimate of drug-likeness (QED) is 0.790. The highest BCUT2D eigenvalue weighted by Crippen LogP contribution is 2.26. The Labute approximate surface area is 127 Å². The minimum atomic E-state index is -0.274. The van der Waals surface area contributed by atoms with Crippen molar-refractivity contribution in [1.29, 1.82) is 0 Å². The van der Waals surface area contributed by atoms with Gasteiger partial charge in [0.05, 0.1) is 16.4 Å². The maximum Gasteiger partial charge on any atom is 0.295 e. The number of nitrogens with zero attached hydrogens (tertiary/aromatic N) is 2. The van der Waals surface area contributed by atoms with Gasteiger partial charge in [0.2, 0.25) is 0 Å². The van der Waals surface area contributed by atoms with Gasteiger partial charge < -0.3 is 5.73 Å². The van der Waals surface area contributed by atoms with Crippen LogP contribution in [-0.4, -0.2) is 9.36 Å². The summed E-state index contributed by atoms with van der Waals surface area (Å²) in [5.74, 6) is 0. The molecule has 0 saturated carbocycles. The zero-order valence-electron chi connectivity index (χ0n) is 11.5. The van der Waals surface area contributed by atoms with E-state index in [9.17, 15) is 4.79 Å². The molecule has 106 valence electrons. The maximum absolute atomic E-state index is 12.5. The molecule has 0 unspecified atom stereocenters. The molecule has 0 aliphatic carbocycles. The molecule has 0 radical (unpaired) electrons. The third-order valence-corrected chi connectivity index (χ3v) is 3.75. The van der Waals surface area contributed by atoms with Crippen molar-refractivity contribution >= 4 is 17.3 Å². The Bertz CT molecular complexity index is 850. The van der Waals surface area contributed by atoms with Gasteiger partial charge in [0.15, 0.2) is 0 Å². The lowest BCUT2D eigenvalue weighted by molar-refractivity contribution is 0.652. The van der Waals surface area contributed by atoms with Gasteiger partial charge in [-0.05, 0) is 12.1 Å². The summed E-state index contributed by atoms with van der Waals surface area (Å²) in [6.07, 6.45) is 0. The van der Waals surface area contributed by atoms with Crippen molar-refractivity contribution in [2.75, 3.05) is 5.73 Å². The van der Waals surface area contributed by atoms with E-state index >= 15 is 0 Å². The summed E-state index contributed by atoms with van der Waals surface area (Å²) in [6, 6.07) is 16.8. The van der Waals surface area contributed by atoms with Gasteiger partial charge in [0.25, 0.3) is 5.56 Å². The van der Waals surface area contributed by atoms with Crippen molar-refractivity contribution in [2.45, 2.75) is 0 Å². The summed E-state index contributed by atoms with van der Waals surface area (Å²) >= 11 is 6.20. The highest BCUT2D eigenvalue weighted by atomic mass is 35.5. The lowest BCUT2D eigenvalue weighted by Gasteiger charge is -2.11. The number of hydrogen-bond acceptors (Lipinski definition) is 2. The van der Waals surface area contributed by atoms with Crippen LogP contribution in [0, 0.1) is 0 Å². The number of nitrogens with two attached hydrogens (primary N) is 1. The lowest BCUT2D eigenvalue weighted by Crippen LogP contribution is -2.20. The molecule has 3 aromatic rings. The van der Waals surface area contributed by atoms with Crippen LogP contribution >= 0.6 is 11.6 Å². The van der Waals surface area contributed by atoms with Gasteiger partial charge in [-0.15, -0.1) is 0 Å². The summed E-state index contributed by atoms with van der Waals surface area (Å²) < 4.78 is 3.22. The van der Waals surface area contributed by atoms with Gasteiger partial charge in [-0.3, -0.25) is 9.48 Å². The number of para-hydroxylation sites is 1. The largest absolute Gasteiger partial charge is 0.392 e. The molecule has 2 N–H and O–H groups in total. The maximum atomic E-state index is 12.5. The fourth-order valence-electron chi connectivity index (χ4n) is 2.46. The lowest BCUT2D eigenvalue weighted by atomic mass is 10.1. The van der Waals surface area contributed by atoms with Crippen LogP contribution in [0.4, 0.5) is 5.69 Å². The topological polar surface area (TPSA) is 52.9 Å². The van der Waals surface area contributed by atoms with Crippen LogP contribution in [0.15, 0.2) is 59.4 Å². The summed E-state index contributed by atoms with van der Waals surface area (Å²) in [4.78, 5) is 12.5. The summed E-state index contributed by atoms with van der Waals surface area (Å²) in [5, 5.41) is 0.500. The van der Waals surface area contributed by atoms with Crippen LogP contribution in [0.25, 0.3) is 16.9 Å². The Morgan fingerprint density at radius 2 is 1.62 bits per heavy atom. The van der Waals surface area contributed by atoms with Crippen LogP contribution in [0.1, 0.15) is 0 Å². The van der Waals surface area contributed by atoms with Gasteiger partial charge in [-0.2, -0.15) is 0 Å². The third kappa shape index (κ3) is 2.14. The van der Waals surface area contributed by atoms with Gasteiger partial charge in [0, 0.05) is 12.6 Å². The molecule has 0 fully saturated rings. The van der Waals surface area contributed by atoms with Crippen LogP contribution in [0.2, 0.25) is 5.02 Å². The van der Waals surface area contributed by atoms with Gasteiger partial charge in [-0.25, -0.2) is 4.68 Å². The minimum absolute atomic E-state index is 0.212. The Hall–Kier alpha value is -2.46.